The quantitative estimate of drug-likeness (QED) is 0.390. The number of nitrogens with one attached hydrogen (secondary N) is 1. The molecule has 0 saturated carbocycles. The zero-order valence-corrected chi connectivity index (χ0v) is 21.2. The maximum Gasteiger partial charge on any atom is 0.281 e. The Morgan fingerprint density at radius 1 is 1.03 bits per heavy atom. The molecule has 0 radical (unpaired) electrons. The van der Waals surface area contributed by atoms with E-state index in [2.05, 4.69) is 10.4 Å². The van der Waals surface area contributed by atoms with Crippen molar-refractivity contribution in [2.75, 3.05) is 20.7 Å². The molecule has 1 unspecified atom stereocenters. The first kappa shape index (κ1) is 26.8. The fourth-order valence-electron chi connectivity index (χ4n) is 4.23. The number of rotatable bonds is 8. The fraction of sp³-hybridized carbons (Fsp3) is 0.259. The predicted octanol–water partition coefficient (Wildman–Crippen LogP) is 5.50. The average molecular weight is 532 g/mol. The van der Waals surface area contributed by atoms with Gasteiger partial charge in [0.05, 0.1) is 0 Å². The van der Waals surface area contributed by atoms with Gasteiger partial charge >= 0.3 is 0 Å². The van der Waals surface area contributed by atoms with Crippen molar-refractivity contribution in [2.24, 2.45) is 5.10 Å². The third-order valence-corrected chi connectivity index (χ3v) is 7.79. The van der Waals surface area contributed by atoms with Crippen molar-refractivity contribution in [3.05, 3.63) is 107 Å². The number of thioether (sulfide) groups is 1. The van der Waals surface area contributed by atoms with Gasteiger partial charge in [-0.15, -0.1) is 0 Å². The van der Waals surface area contributed by atoms with Gasteiger partial charge in [0.25, 0.3) is 5.91 Å². The largest absolute Gasteiger partial charge is 0.364 e. The molecule has 1 aliphatic heterocycles. The molecule has 0 fully saturated rings. The van der Waals surface area contributed by atoms with E-state index in [1.807, 2.05) is 0 Å². The predicted molar refractivity (Wildman–Crippen MR) is 135 cm³/mol. The molecule has 1 heterocycles. The van der Waals surface area contributed by atoms with Gasteiger partial charge < -0.3 is 10.1 Å². The molecule has 1 amide bonds. The van der Waals surface area contributed by atoms with Crippen molar-refractivity contribution < 1.29 is 27.1 Å². The Morgan fingerprint density at radius 3 is 2.32 bits per heavy atom. The smallest absolute Gasteiger partial charge is 0.281 e. The van der Waals surface area contributed by atoms with Gasteiger partial charge in [-0.2, -0.15) is 5.10 Å². The average Bonchev–Trinajstić information content (AvgIpc) is 3.30. The van der Waals surface area contributed by atoms with Gasteiger partial charge in [-0.05, 0) is 68.9 Å². The van der Waals surface area contributed by atoms with Crippen LogP contribution in [0, 0.1) is 23.3 Å². The Hall–Kier alpha value is -3.21. The lowest BCUT2D eigenvalue weighted by Crippen LogP contribution is -2.51. The van der Waals surface area contributed by atoms with Crippen LogP contribution < -0.4 is 5.32 Å². The molecule has 3 aromatic rings. The second-order valence-corrected chi connectivity index (χ2v) is 9.88. The van der Waals surface area contributed by atoms with Crippen molar-refractivity contribution >= 4 is 22.7 Å². The summed E-state index contributed by atoms with van der Waals surface area (Å²) in [5.41, 5.74) is -1.79. The molecule has 0 aliphatic carbocycles. The van der Waals surface area contributed by atoms with E-state index in [1.165, 1.54) is 14.0 Å². The molecule has 2 atom stereocenters. The second-order valence-electron chi connectivity index (χ2n) is 8.61. The SMILES string of the molecule is CNCCC1(c2ccccc2)SC(c2cc(F)ccc2F)=NN1C(=O)[C@@](C)(OC)c1cc(F)ccc1F. The summed E-state index contributed by atoms with van der Waals surface area (Å²) >= 11 is 1.08. The number of carbonyl (C=O) groups excluding carboxylic acids is 1. The number of nitrogens with zero attached hydrogens (tertiary/aromatic N) is 2. The lowest BCUT2D eigenvalue weighted by atomic mass is 9.92. The van der Waals surface area contributed by atoms with Crippen LogP contribution in [0.2, 0.25) is 0 Å². The van der Waals surface area contributed by atoms with Crippen LogP contribution in [0.15, 0.2) is 71.8 Å². The Kier molecular flexibility index (Phi) is 7.72. The standard InChI is InChI=1S/C27H25F4N3O2S/c1-26(36-3,21-16-19(29)10-12-23(21)31)25(35)34-27(13-14-32-2,17-7-5-4-6-8-17)37-24(33-34)20-15-18(28)9-11-22(20)30/h4-12,15-16,32H,13-14H2,1-3H3/t26-,27?/m0/s1. The molecule has 1 aliphatic rings. The molecular formula is C27H25F4N3O2S. The molecule has 0 bridgehead atoms. The summed E-state index contributed by atoms with van der Waals surface area (Å²) in [6.45, 7) is 1.74. The monoisotopic (exact) mass is 531 g/mol. The zero-order valence-electron chi connectivity index (χ0n) is 20.4. The second kappa shape index (κ2) is 10.6. The highest BCUT2D eigenvalue weighted by Crippen LogP contribution is 2.51. The van der Waals surface area contributed by atoms with Crippen LogP contribution >= 0.6 is 11.8 Å². The third-order valence-electron chi connectivity index (χ3n) is 6.35. The maximum absolute atomic E-state index is 14.9. The Morgan fingerprint density at radius 2 is 1.68 bits per heavy atom. The van der Waals surface area contributed by atoms with Crippen LogP contribution in [0.4, 0.5) is 17.6 Å². The molecule has 1 N–H and O–H groups in total. The van der Waals surface area contributed by atoms with E-state index in [0.29, 0.717) is 18.5 Å². The van der Waals surface area contributed by atoms with Gasteiger partial charge in [-0.3, -0.25) is 4.79 Å². The van der Waals surface area contributed by atoms with Crippen LogP contribution in [0.5, 0.6) is 0 Å². The molecule has 194 valence electrons. The van der Waals surface area contributed by atoms with E-state index in [1.54, 1.807) is 37.4 Å². The summed E-state index contributed by atoms with van der Waals surface area (Å²) in [5, 5.41) is 8.70. The van der Waals surface area contributed by atoms with E-state index in [-0.39, 0.29) is 16.2 Å². The van der Waals surface area contributed by atoms with Crippen LogP contribution in [-0.2, 0) is 20.0 Å². The number of hydrazone groups is 1. The number of halogens is 4. The van der Waals surface area contributed by atoms with E-state index >= 15 is 0 Å². The minimum Gasteiger partial charge on any atom is -0.364 e. The molecule has 0 aromatic heterocycles. The van der Waals surface area contributed by atoms with Crippen molar-refractivity contribution in [1.29, 1.82) is 0 Å². The van der Waals surface area contributed by atoms with Crippen molar-refractivity contribution in [1.82, 2.24) is 10.3 Å². The molecule has 10 heteroatoms. The number of hydrogen-bond donors (Lipinski definition) is 1. The van der Waals surface area contributed by atoms with Crippen molar-refractivity contribution in [3.63, 3.8) is 0 Å². The summed E-state index contributed by atoms with van der Waals surface area (Å²) in [7, 11) is 2.94. The third kappa shape index (κ3) is 4.88. The highest BCUT2D eigenvalue weighted by molar-refractivity contribution is 8.15. The minimum absolute atomic E-state index is 0.0588. The Bertz CT molecular complexity index is 1340. The Labute approximate surface area is 216 Å². The molecular weight excluding hydrogens is 506 g/mol. The van der Waals surface area contributed by atoms with Crippen molar-refractivity contribution in [2.45, 2.75) is 23.8 Å². The van der Waals surface area contributed by atoms with Gasteiger partial charge in [0.15, 0.2) is 5.60 Å². The van der Waals surface area contributed by atoms with E-state index in [4.69, 9.17) is 4.74 Å². The number of amides is 1. The van der Waals surface area contributed by atoms with Gasteiger partial charge in [0.2, 0.25) is 0 Å². The molecule has 3 aromatic carbocycles. The number of ether oxygens (including phenoxy) is 1. The summed E-state index contributed by atoms with van der Waals surface area (Å²) < 4.78 is 63.5. The zero-order chi connectivity index (χ0) is 26.8. The van der Waals surface area contributed by atoms with Gasteiger partial charge in [0.1, 0.15) is 33.2 Å². The molecule has 37 heavy (non-hydrogen) atoms. The number of hydrogen-bond acceptors (Lipinski definition) is 5. The molecule has 4 rings (SSSR count). The summed E-state index contributed by atoms with van der Waals surface area (Å²) in [5.74, 6) is -3.79. The topological polar surface area (TPSA) is 53.9 Å². The van der Waals surface area contributed by atoms with E-state index < -0.39 is 39.6 Å². The number of methoxy groups -OCH3 is 1. The maximum atomic E-state index is 14.9. The lowest BCUT2D eigenvalue weighted by molar-refractivity contribution is -0.158. The lowest BCUT2D eigenvalue weighted by Gasteiger charge is -2.40. The van der Waals surface area contributed by atoms with Crippen LogP contribution in [0.3, 0.4) is 0 Å². The van der Waals surface area contributed by atoms with Crippen LogP contribution in [0.25, 0.3) is 0 Å². The Balaban J connectivity index is 1.94. The summed E-state index contributed by atoms with van der Waals surface area (Å²) in [4.78, 5) is 13.0. The fourth-order valence-corrected chi connectivity index (χ4v) is 5.60. The molecule has 5 nitrogen and oxygen atoms in total. The minimum atomic E-state index is -1.99. The summed E-state index contributed by atoms with van der Waals surface area (Å²) in [6, 6.07) is 14.7. The highest BCUT2D eigenvalue weighted by atomic mass is 32.2. The van der Waals surface area contributed by atoms with E-state index in [0.717, 1.165) is 53.2 Å². The van der Waals surface area contributed by atoms with Gasteiger partial charge in [0, 0.05) is 18.2 Å². The first-order valence-corrected chi connectivity index (χ1v) is 12.3. The van der Waals surface area contributed by atoms with Crippen LogP contribution in [-0.4, -0.2) is 36.7 Å². The van der Waals surface area contributed by atoms with Crippen molar-refractivity contribution in [3.8, 4) is 0 Å². The van der Waals surface area contributed by atoms with Crippen LogP contribution in [0.1, 0.15) is 30.0 Å². The normalized spacial score (nSPS) is 19.0. The van der Waals surface area contributed by atoms with Gasteiger partial charge in [-0.25, -0.2) is 22.6 Å². The highest BCUT2D eigenvalue weighted by Gasteiger charge is 2.54. The number of benzene rings is 3. The van der Waals surface area contributed by atoms with Gasteiger partial charge in [-0.1, -0.05) is 42.1 Å². The first-order valence-electron chi connectivity index (χ1n) is 11.4. The first-order chi connectivity index (χ1) is 17.7. The number of carbonyl (C=O) groups is 1. The van der Waals surface area contributed by atoms with E-state index in [9.17, 15) is 22.4 Å². The molecule has 0 saturated heterocycles. The molecule has 0 spiro atoms. The summed E-state index contributed by atoms with van der Waals surface area (Å²) in [6.07, 6.45) is 0.291.